The second-order valence-electron chi connectivity index (χ2n) is 9.92. The molecule has 3 saturated heterocycles. The van der Waals surface area contributed by atoms with E-state index in [4.69, 9.17) is 14.2 Å². The molecule has 4 heterocycles. The van der Waals surface area contributed by atoms with Crippen LogP contribution >= 0.6 is 0 Å². The summed E-state index contributed by atoms with van der Waals surface area (Å²) >= 11 is 0. The summed E-state index contributed by atoms with van der Waals surface area (Å²) in [6.07, 6.45) is 1.37. The fraction of sp³-hybridized carbons (Fsp3) is 0.680. The number of nitrogens with one attached hydrogen (secondary N) is 1. The number of fused-ring (bicyclic) bond motifs is 3. The predicted molar refractivity (Wildman–Crippen MR) is 125 cm³/mol. The highest BCUT2D eigenvalue weighted by atomic mass is 16.6. The molecule has 0 spiro atoms. The van der Waals surface area contributed by atoms with Gasteiger partial charge in [0.15, 0.2) is 0 Å². The second-order valence-corrected chi connectivity index (χ2v) is 9.92. The van der Waals surface area contributed by atoms with Crippen LogP contribution in [0.3, 0.4) is 0 Å². The normalized spacial score (nSPS) is 29.8. The average Bonchev–Trinajstić information content (AvgIpc) is 3.22. The SMILES string of the molecule is CN1CCN(C(=O)C[C@@H]2C[C@@H]3c4cc(NC(=O)C5CCOCC5)ccc4O[C@@H]3[C@H](CO)O2)CC1. The van der Waals surface area contributed by atoms with Gasteiger partial charge in [-0.3, -0.25) is 9.59 Å². The van der Waals surface area contributed by atoms with Crippen molar-refractivity contribution in [3.8, 4) is 5.75 Å². The Balaban J connectivity index is 1.27. The molecule has 2 amide bonds. The largest absolute Gasteiger partial charge is 0.487 e. The van der Waals surface area contributed by atoms with Gasteiger partial charge in [0.25, 0.3) is 0 Å². The number of hydrogen-bond acceptors (Lipinski definition) is 7. The van der Waals surface area contributed by atoms with Crippen LogP contribution in [0, 0.1) is 5.92 Å². The molecule has 0 bridgehead atoms. The first-order chi connectivity index (χ1) is 16.5. The third-order valence-corrected chi connectivity index (χ3v) is 7.62. The second kappa shape index (κ2) is 10.2. The van der Waals surface area contributed by atoms with Crippen molar-refractivity contribution in [1.82, 2.24) is 9.80 Å². The lowest BCUT2D eigenvalue weighted by molar-refractivity contribution is -0.150. The highest BCUT2D eigenvalue weighted by molar-refractivity contribution is 5.92. The number of carbonyl (C=O) groups is 2. The van der Waals surface area contributed by atoms with Gasteiger partial charge in [-0.05, 0) is 44.5 Å². The van der Waals surface area contributed by atoms with Crippen molar-refractivity contribution >= 4 is 17.5 Å². The molecule has 5 rings (SSSR count). The summed E-state index contributed by atoms with van der Waals surface area (Å²) in [5, 5.41) is 13.0. The molecule has 4 atom stereocenters. The number of rotatable bonds is 5. The van der Waals surface area contributed by atoms with E-state index in [0.29, 0.717) is 26.1 Å². The lowest BCUT2D eigenvalue weighted by atomic mass is 9.84. The van der Waals surface area contributed by atoms with Gasteiger partial charge in [0.05, 0.1) is 19.1 Å². The van der Waals surface area contributed by atoms with E-state index in [0.717, 1.165) is 56.0 Å². The van der Waals surface area contributed by atoms with Gasteiger partial charge in [0.2, 0.25) is 11.8 Å². The molecule has 186 valence electrons. The van der Waals surface area contributed by atoms with E-state index in [1.165, 1.54) is 0 Å². The summed E-state index contributed by atoms with van der Waals surface area (Å²) in [7, 11) is 2.07. The number of piperazine rings is 1. The lowest BCUT2D eigenvalue weighted by Crippen LogP contribution is -2.50. The number of benzene rings is 1. The number of carbonyl (C=O) groups excluding carboxylic acids is 2. The number of anilines is 1. The summed E-state index contributed by atoms with van der Waals surface area (Å²) in [5.41, 5.74) is 1.75. The molecule has 9 heteroatoms. The molecule has 0 aliphatic carbocycles. The lowest BCUT2D eigenvalue weighted by Gasteiger charge is -2.38. The summed E-state index contributed by atoms with van der Waals surface area (Å²) in [6, 6.07) is 5.72. The first-order valence-electron chi connectivity index (χ1n) is 12.4. The summed E-state index contributed by atoms with van der Waals surface area (Å²) in [6.45, 7) is 4.31. The zero-order chi connectivity index (χ0) is 23.7. The van der Waals surface area contributed by atoms with Crippen molar-refractivity contribution in [3.63, 3.8) is 0 Å². The molecular weight excluding hydrogens is 438 g/mol. The molecule has 0 unspecified atom stereocenters. The summed E-state index contributed by atoms with van der Waals surface area (Å²) in [5.74, 6) is 0.857. The fourth-order valence-corrected chi connectivity index (χ4v) is 5.55. The van der Waals surface area contributed by atoms with Gasteiger partial charge in [-0.15, -0.1) is 0 Å². The summed E-state index contributed by atoms with van der Waals surface area (Å²) < 4.78 is 17.6. The van der Waals surface area contributed by atoms with Gasteiger partial charge in [0, 0.05) is 62.5 Å². The molecule has 0 saturated carbocycles. The zero-order valence-electron chi connectivity index (χ0n) is 19.8. The van der Waals surface area contributed by atoms with Crippen LogP contribution in [0.25, 0.3) is 0 Å². The van der Waals surface area contributed by atoms with E-state index >= 15 is 0 Å². The molecule has 4 aliphatic heterocycles. The Kier molecular flexibility index (Phi) is 7.06. The number of likely N-dealkylation sites (N-methyl/N-ethyl adjacent to an activating group) is 1. The van der Waals surface area contributed by atoms with Crippen LogP contribution in [0.15, 0.2) is 18.2 Å². The molecule has 2 N–H and O–H groups in total. The number of aliphatic hydroxyl groups is 1. The highest BCUT2D eigenvalue weighted by Gasteiger charge is 2.46. The van der Waals surface area contributed by atoms with Crippen LogP contribution in [0.2, 0.25) is 0 Å². The van der Waals surface area contributed by atoms with E-state index in [2.05, 4.69) is 17.3 Å². The smallest absolute Gasteiger partial charge is 0.227 e. The number of nitrogens with zero attached hydrogens (tertiary/aromatic N) is 2. The zero-order valence-corrected chi connectivity index (χ0v) is 19.8. The fourth-order valence-electron chi connectivity index (χ4n) is 5.55. The molecule has 0 aromatic heterocycles. The minimum absolute atomic E-state index is 0.00567. The van der Waals surface area contributed by atoms with Crippen molar-refractivity contribution < 1.29 is 28.9 Å². The van der Waals surface area contributed by atoms with E-state index in [1.807, 2.05) is 23.1 Å². The Labute approximate surface area is 200 Å². The third kappa shape index (κ3) is 4.93. The maximum Gasteiger partial charge on any atom is 0.227 e. The van der Waals surface area contributed by atoms with Crippen LogP contribution in [0.4, 0.5) is 5.69 Å². The van der Waals surface area contributed by atoms with Crippen molar-refractivity contribution in [2.45, 2.75) is 49.9 Å². The number of aliphatic hydroxyl groups excluding tert-OH is 1. The van der Waals surface area contributed by atoms with Crippen LogP contribution in [-0.4, -0.2) is 98.1 Å². The van der Waals surface area contributed by atoms with Gasteiger partial charge < -0.3 is 34.4 Å². The Bertz CT molecular complexity index is 897. The molecule has 9 nitrogen and oxygen atoms in total. The Hall–Kier alpha value is -2.20. The van der Waals surface area contributed by atoms with Gasteiger partial charge in [-0.25, -0.2) is 0 Å². The molecule has 3 fully saturated rings. The monoisotopic (exact) mass is 473 g/mol. The van der Waals surface area contributed by atoms with Gasteiger partial charge in [0.1, 0.15) is 18.0 Å². The van der Waals surface area contributed by atoms with E-state index in [9.17, 15) is 14.7 Å². The first-order valence-corrected chi connectivity index (χ1v) is 12.4. The van der Waals surface area contributed by atoms with Crippen LogP contribution in [0.1, 0.15) is 37.2 Å². The standard InChI is InChI=1S/C25H35N3O6/c1-27-6-8-28(9-7-27)23(30)14-18-13-20-19-12-17(26-25(31)16-4-10-32-11-5-16)2-3-21(19)34-24(20)22(15-29)33-18/h2-3,12,16,18,20,22,24,29H,4-11,13-15H2,1H3,(H,26,31)/t18-,20+,22-,24-/m0/s1. The molecule has 34 heavy (non-hydrogen) atoms. The molecule has 1 aromatic carbocycles. The number of amides is 2. The topological polar surface area (TPSA) is 101 Å². The van der Waals surface area contributed by atoms with Crippen molar-refractivity contribution in [1.29, 1.82) is 0 Å². The number of hydrogen-bond donors (Lipinski definition) is 2. The van der Waals surface area contributed by atoms with Crippen molar-refractivity contribution in [3.05, 3.63) is 23.8 Å². The minimum atomic E-state index is -0.489. The first kappa shape index (κ1) is 23.5. The van der Waals surface area contributed by atoms with Crippen molar-refractivity contribution in [2.24, 2.45) is 5.92 Å². The van der Waals surface area contributed by atoms with E-state index in [1.54, 1.807) is 0 Å². The summed E-state index contributed by atoms with van der Waals surface area (Å²) in [4.78, 5) is 29.7. The van der Waals surface area contributed by atoms with Gasteiger partial charge >= 0.3 is 0 Å². The highest BCUT2D eigenvalue weighted by Crippen LogP contribution is 2.47. The maximum atomic E-state index is 12.9. The van der Waals surface area contributed by atoms with E-state index in [-0.39, 0.29) is 42.5 Å². The molecule has 1 aromatic rings. The molecular formula is C25H35N3O6. The molecule has 0 radical (unpaired) electrons. The predicted octanol–water partition coefficient (Wildman–Crippen LogP) is 1.21. The van der Waals surface area contributed by atoms with Crippen LogP contribution in [0.5, 0.6) is 5.75 Å². The third-order valence-electron chi connectivity index (χ3n) is 7.62. The quantitative estimate of drug-likeness (QED) is 0.663. The Morgan fingerprint density at radius 1 is 1.15 bits per heavy atom. The minimum Gasteiger partial charge on any atom is -0.487 e. The Morgan fingerprint density at radius 3 is 2.65 bits per heavy atom. The van der Waals surface area contributed by atoms with Crippen molar-refractivity contribution in [2.75, 3.05) is 58.4 Å². The van der Waals surface area contributed by atoms with Gasteiger partial charge in [-0.2, -0.15) is 0 Å². The number of ether oxygens (including phenoxy) is 3. The average molecular weight is 474 g/mol. The van der Waals surface area contributed by atoms with Crippen LogP contribution in [-0.2, 0) is 19.1 Å². The Morgan fingerprint density at radius 2 is 1.91 bits per heavy atom. The van der Waals surface area contributed by atoms with E-state index < -0.39 is 6.10 Å². The molecule has 4 aliphatic rings. The van der Waals surface area contributed by atoms with Crippen LogP contribution < -0.4 is 10.1 Å². The maximum absolute atomic E-state index is 12.9. The van der Waals surface area contributed by atoms with Gasteiger partial charge in [-0.1, -0.05) is 0 Å².